The molecule has 48 heavy (non-hydrogen) atoms. The van der Waals surface area contributed by atoms with Crippen LogP contribution in [0.1, 0.15) is 44.7 Å². The Labute approximate surface area is 285 Å². The van der Waals surface area contributed by atoms with Crippen LogP contribution in [0.4, 0.5) is 0 Å². The van der Waals surface area contributed by atoms with Crippen molar-refractivity contribution in [3.63, 3.8) is 0 Å². The Kier molecular flexibility index (Phi) is 9.89. The summed E-state index contributed by atoms with van der Waals surface area (Å²) in [6.07, 6.45) is 4.90. The number of carbonyl (C=O) groups excluding carboxylic acids is 1. The third-order valence-corrected chi connectivity index (χ3v) is 10.8. The van der Waals surface area contributed by atoms with Gasteiger partial charge in [-0.2, -0.15) is 0 Å². The van der Waals surface area contributed by atoms with Crippen LogP contribution in [0.15, 0.2) is 79.0 Å². The van der Waals surface area contributed by atoms with Crippen molar-refractivity contribution in [1.82, 2.24) is 29.2 Å². The SMILES string of the molecule is Cc1c(C)n(CCCN2CCN(C)CC2)c2ccc(Cc3ccc(C(=O)N4CCN(CCc5ccc6ncccc6c5)CC4)cc3)cc12. The van der Waals surface area contributed by atoms with E-state index in [4.69, 9.17) is 0 Å². The Morgan fingerprint density at radius 3 is 2.23 bits per heavy atom. The summed E-state index contributed by atoms with van der Waals surface area (Å²) in [6.45, 7) is 15.9. The van der Waals surface area contributed by atoms with Crippen molar-refractivity contribution in [2.24, 2.45) is 0 Å². The lowest BCUT2D eigenvalue weighted by Crippen LogP contribution is -2.49. The minimum Gasteiger partial charge on any atom is -0.345 e. The molecule has 3 aromatic carbocycles. The lowest BCUT2D eigenvalue weighted by molar-refractivity contribution is 0.0638. The van der Waals surface area contributed by atoms with Crippen molar-refractivity contribution in [3.8, 4) is 0 Å². The second kappa shape index (κ2) is 14.6. The number of fused-ring (bicyclic) bond motifs is 2. The smallest absolute Gasteiger partial charge is 0.253 e. The average Bonchev–Trinajstić information content (AvgIpc) is 3.36. The van der Waals surface area contributed by atoms with E-state index in [1.165, 1.54) is 83.4 Å². The van der Waals surface area contributed by atoms with Crippen molar-refractivity contribution in [2.45, 2.75) is 39.7 Å². The lowest BCUT2D eigenvalue weighted by atomic mass is 10.0. The molecule has 2 aliphatic heterocycles. The summed E-state index contributed by atoms with van der Waals surface area (Å²) in [5.41, 5.74) is 9.83. The summed E-state index contributed by atoms with van der Waals surface area (Å²) in [6, 6.07) is 26.0. The fraction of sp³-hybridized carbons (Fsp3) is 0.415. The quantitative estimate of drug-likeness (QED) is 0.186. The number of pyridine rings is 1. The summed E-state index contributed by atoms with van der Waals surface area (Å²) in [5.74, 6) is 0.143. The van der Waals surface area contributed by atoms with Crippen molar-refractivity contribution in [2.75, 3.05) is 72.5 Å². The first kappa shape index (κ1) is 32.5. The predicted molar refractivity (Wildman–Crippen MR) is 197 cm³/mol. The van der Waals surface area contributed by atoms with Gasteiger partial charge < -0.3 is 19.3 Å². The Morgan fingerprint density at radius 1 is 0.729 bits per heavy atom. The van der Waals surface area contributed by atoms with E-state index >= 15 is 0 Å². The maximum atomic E-state index is 13.4. The van der Waals surface area contributed by atoms with Gasteiger partial charge in [-0.05, 0) is 111 Å². The molecule has 7 heteroatoms. The number of amides is 1. The monoisotopic (exact) mass is 642 g/mol. The van der Waals surface area contributed by atoms with E-state index < -0.39 is 0 Å². The highest BCUT2D eigenvalue weighted by atomic mass is 16.2. The van der Waals surface area contributed by atoms with Crippen LogP contribution in [0.2, 0.25) is 0 Å². The van der Waals surface area contributed by atoms with E-state index in [0.717, 1.165) is 63.2 Å². The molecule has 2 aromatic heterocycles. The highest BCUT2D eigenvalue weighted by Gasteiger charge is 2.22. The second-order valence-corrected chi connectivity index (χ2v) is 14.0. The van der Waals surface area contributed by atoms with Crippen LogP contribution in [-0.2, 0) is 19.4 Å². The molecule has 0 spiro atoms. The number of hydrogen-bond acceptors (Lipinski definition) is 5. The summed E-state index contributed by atoms with van der Waals surface area (Å²) >= 11 is 0. The summed E-state index contributed by atoms with van der Waals surface area (Å²) in [5, 5.41) is 2.56. The Balaban J connectivity index is 0.905. The van der Waals surface area contributed by atoms with Crippen molar-refractivity contribution < 1.29 is 4.79 Å². The van der Waals surface area contributed by atoms with Gasteiger partial charge in [0.15, 0.2) is 0 Å². The number of likely N-dealkylation sites (N-methyl/N-ethyl adjacent to an activating group) is 1. The van der Waals surface area contributed by atoms with Crippen molar-refractivity contribution in [1.29, 1.82) is 0 Å². The third kappa shape index (κ3) is 7.34. The molecule has 0 saturated carbocycles. The first-order chi connectivity index (χ1) is 23.4. The maximum absolute atomic E-state index is 13.4. The van der Waals surface area contributed by atoms with E-state index in [-0.39, 0.29) is 5.91 Å². The molecule has 0 N–H and O–H groups in total. The van der Waals surface area contributed by atoms with Gasteiger partial charge in [-0.3, -0.25) is 14.7 Å². The molecular weight excluding hydrogens is 592 g/mol. The number of aryl methyl sites for hydroxylation is 2. The molecule has 2 aliphatic rings. The van der Waals surface area contributed by atoms with Gasteiger partial charge in [-0.25, -0.2) is 0 Å². The highest BCUT2D eigenvalue weighted by molar-refractivity contribution is 5.94. The van der Waals surface area contributed by atoms with Gasteiger partial charge in [-0.1, -0.05) is 30.3 Å². The summed E-state index contributed by atoms with van der Waals surface area (Å²) < 4.78 is 2.52. The van der Waals surface area contributed by atoms with Crippen LogP contribution in [0.3, 0.4) is 0 Å². The Bertz CT molecular complexity index is 1860. The molecule has 1 amide bonds. The molecule has 250 valence electrons. The van der Waals surface area contributed by atoms with E-state index in [9.17, 15) is 4.79 Å². The summed E-state index contributed by atoms with van der Waals surface area (Å²) in [7, 11) is 2.22. The molecular formula is C41H50N6O. The van der Waals surface area contributed by atoms with Gasteiger partial charge in [-0.15, -0.1) is 0 Å². The topological polar surface area (TPSA) is 47.9 Å². The average molecular weight is 643 g/mol. The molecule has 2 fully saturated rings. The van der Waals surface area contributed by atoms with E-state index in [2.05, 4.69) is 99.7 Å². The predicted octanol–water partition coefficient (Wildman–Crippen LogP) is 6.04. The maximum Gasteiger partial charge on any atom is 0.253 e. The highest BCUT2D eigenvalue weighted by Crippen LogP contribution is 2.28. The van der Waals surface area contributed by atoms with Gasteiger partial charge in [0.1, 0.15) is 0 Å². The van der Waals surface area contributed by atoms with Crippen LogP contribution in [0.25, 0.3) is 21.8 Å². The Hall–Kier alpha value is -4.04. The number of hydrogen-bond donors (Lipinski definition) is 0. The van der Waals surface area contributed by atoms with Gasteiger partial charge in [0, 0.05) is 99.2 Å². The van der Waals surface area contributed by atoms with Crippen LogP contribution in [0.5, 0.6) is 0 Å². The minimum atomic E-state index is 0.143. The number of piperazine rings is 2. The molecule has 0 radical (unpaired) electrons. The number of benzene rings is 3. The van der Waals surface area contributed by atoms with Crippen LogP contribution in [0, 0.1) is 13.8 Å². The molecule has 7 rings (SSSR count). The zero-order valence-corrected chi connectivity index (χ0v) is 29.0. The standard InChI is InChI=1S/C41H50N6O/c1-31-32(2)47(18-5-17-44-22-20-43(3)21-23-44)40-14-10-35(30-38(31)40)28-33-7-11-36(12-8-33)41(48)46-26-24-45(25-27-46)19-15-34-9-13-39-37(29-34)6-4-16-42-39/h4,6-14,16,29-30H,5,15,17-28H2,1-3H3. The summed E-state index contributed by atoms with van der Waals surface area (Å²) in [4.78, 5) is 27.3. The zero-order valence-electron chi connectivity index (χ0n) is 29.0. The molecule has 0 aliphatic carbocycles. The number of rotatable bonds is 10. The minimum absolute atomic E-state index is 0.143. The lowest BCUT2D eigenvalue weighted by Gasteiger charge is -2.34. The van der Waals surface area contributed by atoms with Crippen LogP contribution >= 0.6 is 0 Å². The van der Waals surface area contributed by atoms with Crippen molar-refractivity contribution in [3.05, 3.63) is 113 Å². The van der Waals surface area contributed by atoms with E-state index in [1.807, 2.05) is 29.3 Å². The van der Waals surface area contributed by atoms with Crippen LogP contribution in [-0.4, -0.2) is 108 Å². The fourth-order valence-electron chi connectivity index (χ4n) is 7.54. The first-order valence-corrected chi connectivity index (χ1v) is 17.8. The van der Waals surface area contributed by atoms with E-state index in [1.54, 1.807) is 0 Å². The van der Waals surface area contributed by atoms with Gasteiger partial charge >= 0.3 is 0 Å². The second-order valence-electron chi connectivity index (χ2n) is 14.0. The molecule has 5 aromatic rings. The zero-order chi connectivity index (χ0) is 33.0. The molecule has 0 atom stereocenters. The van der Waals surface area contributed by atoms with Gasteiger partial charge in [0.25, 0.3) is 5.91 Å². The molecule has 0 unspecified atom stereocenters. The first-order valence-electron chi connectivity index (χ1n) is 17.8. The normalized spacial score (nSPS) is 16.7. The number of aromatic nitrogens is 2. The third-order valence-electron chi connectivity index (χ3n) is 10.8. The fourth-order valence-corrected chi connectivity index (χ4v) is 7.54. The van der Waals surface area contributed by atoms with Gasteiger partial charge in [0.2, 0.25) is 0 Å². The van der Waals surface area contributed by atoms with Crippen LogP contribution < -0.4 is 0 Å². The van der Waals surface area contributed by atoms with Crippen molar-refractivity contribution >= 4 is 27.7 Å². The van der Waals surface area contributed by atoms with Gasteiger partial charge in [0.05, 0.1) is 5.52 Å². The van der Waals surface area contributed by atoms with E-state index in [0.29, 0.717) is 0 Å². The largest absolute Gasteiger partial charge is 0.345 e. The molecule has 7 nitrogen and oxygen atoms in total. The number of carbonyl (C=O) groups is 1. The molecule has 2 saturated heterocycles. The molecule has 4 heterocycles. The Morgan fingerprint density at radius 2 is 1.44 bits per heavy atom. The molecule has 0 bridgehead atoms. The number of nitrogens with zero attached hydrogens (tertiary/aromatic N) is 6.